The summed E-state index contributed by atoms with van der Waals surface area (Å²) >= 11 is 1.78. The summed E-state index contributed by atoms with van der Waals surface area (Å²) in [4.78, 5) is 1.25. The number of hydrogen-bond acceptors (Lipinski definition) is 3. The standard InChI is InChI=1S/C10H15NOS/c1-8-9(11)4-3-5-10(8)13-7-6-12-2/h3-5H,6-7,11H2,1-2H3. The number of nitrogens with two attached hydrogens (primary N) is 1. The normalized spacial score (nSPS) is 10.3. The first-order valence-corrected chi connectivity index (χ1v) is 5.21. The van der Waals surface area contributed by atoms with Crippen LogP contribution < -0.4 is 5.73 Å². The van der Waals surface area contributed by atoms with Gasteiger partial charge in [-0.25, -0.2) is 0 Å². The lowest BCUT2D eigenvalue weighted by atomic mass is 10.2. The largest absolute Gasteiger partial charge is 0.398 e. The minimum Gasteiger partial charge on any atom is -0.398 e. The van der Waals surface area contributed by atoms with E-state index >= 15 is 0 Å². The van der Waals surface area contributed by atoms with Crippen molar-refractivity contribution in [1.82, 2.24) is 0 Å². The predicted octanol–water partition coefficient (Wildman–Crippen LogP) is 2.32. The third-order valence-electron chi connectivity index (χ3n) is 1.87. The zero-order valence-corrected chi connectivity index (χ0v) is 8.86. The summed E-state index contributed by atoms with van der Waals surface area (Å²) < 4.78 is 4.98. The molecule has 0 fully saturated rings. The van der Waals surface area contributed by atoms with Crippen LogP contribution >= 0.6 is 11.8 Å². The molecule has 0 aromatic heterocycles. The maximum atomic E-state index is 5.78. The summed E-state index contributed by atoms with van der Waals surface area (Å²) in [6.45, 7) is 2.82. The summed E-state index contributed by atoms with van der Waals surface area (Å²) in [6.07, 6.45) is 0. The van der Waals surface area contributed by atoms with Gasteiger partial charge in [-0.3, -0.25) is 0 Å². The van der Waals surface area contributed by atoms with Gasteiger partial charge in [0.15, 0.2) is 0 Å². The van der Waals surface area contributed by atoms with Crippen molar-refractivity contribution >= 4 is 17.4 Å². The highest BCUT2D eigenvalue weighted by Crippen LogP contribution is 2.25. The molecule has 3 heteroatoms. The zero-order chi connectivity index (χ0) is 9.68. The summed E-state index contributed by atoms with van der Waals surface area (Å²) in [6, 6.07) is 6.00. The van der Waals surface area contributed by atoms with Crippen LogP contribution in [0.5, 0.6) is 0 Å². The number of benzene rings is 1. The molecule has 0 radical (unpaired) electrons. The minimum absolute atomic E-state index is 0.777. The molecule has 0 bridgehead atoms. The Morgan fingerprint density at radius 3 is 2.92 bits per heavy atom. The third-order valence-corrected chi connectivity index (χ3v) is 3.00. The van der Waals surface area contributed by atoms with Crippen LogP contribution in [0.2, 0.25) is 0 Å². The van der Waals surface area contributed by atoms with E-state index in [0.717, 1.165) is 18.0 Å². The van der Waals surface area contributed by atoms with Crippen LogP contribution in [-0.2, 0) is 4.74 Å². The Kier molecular flexibility index (Phi) is 4.12. The van der Waals surface area contributed by atoms with Gasteiger partial charge in [0.05, 0.1) is 6.61 Å². The van der Waals surface area contributed by atoms with Gasteiger partial charge in [-0.2, -0.15) is 0 Å². The van der Waals surface area contributed by atoms with E-state index < -0.39 is 0 Å². The van der Waals surface area contributed by atoms with Crippen molar-refractivity contribution in [2.24, 2.45) is 0 Å². The topological polar surface area (TPSA) is 35.2 Å². The maximum Gasteiger partial charge on any atom is 0.0556 e. The summed E-state index contributed by atoms with van der Waals surface area (Å²) in [5.74, 6) is 0.973. The number of thioether (sulfide) groups is 1. The Morgan fingerprint density at radius 2 is 2.23 bits per heavy atom. The van der Waals surface area contributed by atoms with Gasteiger partial charge < -0.3 is 10.5 Å². The fraction of sp³-hybridized carbons (Fsp3) is 0.400. The molecule has 72 valence electrons. The number of nitrogen functional groups attached to an aromatic ring is 1. The molecule has 0 saturated heterocycles. The third kappa shape index (κ3) is 2.94. The van der Waals surface area contributed by atoms with Crippen molar-refractivity contribution in [3.8, 4) is 0 Å². The Hall–Kier alpha value is -0.670. The summed E-state index contributed by atoms with van der Waals surface area (Å²) in [5, 5.41) is 0. The summed E-state index contributed by atoms with van der Waals surface area (Å²) in [5.41, 5.74) is 7.81. The first-order chi connectivity index (χ1) is 6.25. The van der Waals surface area contributed by atoms with E-state index in [2.05, 4.69) is 6.07 Å². The second kappa shape index (κ2) is 5.14. The van der Waals surface area contributed by atoms with Gasteiger partial charge >= 0.3 is 0 Å². The van der Waals surface area contributed by atoms with E-state index in [4.69, 9.17) is 10.5 Å². The molecule has 1 rings (SSSR count). The number of anilines is 1. The highest BCUT2D eigenvalue weighted by atomic mass is 32.2. The molecule has 0 heterocycles. The number of methoxy groups -OCH3 is 1. The van der Waals surface area contributed by atoms with Crippen molar-refractivity contribution < 1.29 is 4.74 Å². The molecule has 0 amide bonds. The Bertz CT molecular complexity index is 276. The van der Waals surface area contributed by atoms with Crippen LogP contribution in [0.4, 0.5) is 5.69 Å². The number of ether oxygens (including phenoxy) is 1. The predicted molar refractivity (Wildman–Crippen MR) is 58.2 cm³/mol. The molecule has 1 aromatic carbocycles. The van der Waals surface area contributed by atoms with Crippen LogP contribution in [0.1, 0.15) is 5.56 Å². The first kappa shape index (κ1) is 10.4. The van der Waals surface area contributed by atoms with E-state index in [1.54, 1.807) is 18.9 Å². The Morgan fingerprint density at radius 1 is 1.46 bits per heavy atom. The van der Waals surface area contributed by atoms with Crippen LogP contribution in [0.25, 0.3) is 0 Å². The van der Waals surface area contributed by atoms with Crippen molar-refractivity contribution in [2.75, 3.05) is 25.2 Å². The summed E-state index contributed by atoms with van der Waals surface area (Å²) in [7, 11) is 1.72. The molecular formula is C10H15NOS. The molecule has 0 aliphatic rings. The van der Waals surface area contributed by atoms with Gasteiger partial charge in [0.25, 0.3) is 0 Å². The van der Waals surface area contributed by atoms with Gasteiger partial charge in [0.1, 0.15) is 0 Å². The molecule has 0 aliphatic heterocycles. The lowest BCUT2D eigenvalue weighted by Crippen LogP contribution is -1.94. The lowest BCUT2D eigenvalue weighted by molar-refractivity contribution is 0.218. The van der Waals surface area contributed by atoms with Crippen molar-refractivity contribution in [3.05, 3.63) is 23.8 Å². The van der Waals surface area contributed by atoms with Crippen LogP contribution in [-0.4, -0.2) is 19.5 Å². The van der Waals surface area contributed by atoms with Crippen molar-refractivity contribution in [2.45, 2.75) is 11.8 Å². The molecule has 0 saturated carbocycles. The molecule has 2 N–H and O–H groups in total. The van der Waals surface area contributed by atoms with Gasteiger partial charge in [-0.1, -0.05) is 6.07 Å². The van der Waals surface area contributed by atoms with Gasteiger partial charge in [-0.05, 0) is 24.6 Å². The van der Waals surface area contributed by atoms with Gasteiger partial charge in [0.2, 0.25) is 0 Å². The number of rotatable bonds is 4. The first-order valence-electron chi connectivity index (χ1n) is 4.22. The van der Waals surface area contributed by atoms with Gasteiger partial charge in [0, 0.05) is 23.4 Å². The van der Waals surface area contributed by atoms with Crippen LogP contribution in [0, 0.1) is 6.92 Å². The zero-order valence-electron chi connectivity index (χ0n) is 8.04. The lowest BCUT2D eigenvalue weighted by Gasteiger charge is -2.06. The fourth-order valence-corrected chi connectivity index (χ4v) is 2.00. The molecule has 13 heavy (non-hydrogen) atoms. The van der Waals surface area contributed by atoms with Crippen LogP contribution in [0.3, 0.4) is 0 Å². The van der Waals surface area contributed by atoms with E-state index in [-0.39, 0.29) is 0 Å². The molecule has 0 unspecified atom stereocenters. The van der Waals surface area contributed by atoms with E-state index in [0.29, 0.717) is 0 Å². The van der Waals surface area contributed by atoms with E-state index in [9.17, 15) is 0 Å². The van der Waals surface area contributed by atoms with E-state index in [1.807, 2.05) is 19.1 Å². The second-order valence-corrected chi connectivity index (χ2v) is 3.95. The Labute approximate surface area is 83.5 Å². The average molecular weight is 197 g/mol. The highest BCUT2D eigenvalue weighted by molar-refractivity contribution is 7.99. The number of hydrogen-bond donors (Lipinski definition) is 1. The van der Waals surface area contributed by atoms with Crippen molar-refractivity contribution in [1.29, 1.82) is 0 Å². The Balaban J connectivity index is 2.61. The molecule has 0 aliphatic carbocycles. The van der Waals surface area contributed by atoms with Crippen LogP contribution in [0.15, 0.2) is 23.1 Å². The molecule has 2 nitrogen and oxygen atoms in total. The monoisotopic (exact) mass is 197 g/mol. The molecule has 0 spiro atoms. The van der Waals surface area contributed by atoms with E-state index in [1.165, 1.54) is 10.5 Å². The van der Waals surface area contributed by atoms with Gasteiger partial charge in [-0.15, -0.1) is 11.8 Å². The minimum atomic E-state index is 0.777. The fourth-order valence-electron chi connectivity index (χ4n) is 1.02. The molecule has 0 atom stereocenters. The van der Waals surface area contributed by atoms with Crippen molar-refractivity contribution in [3.63, 3.8) is 0 Å². The second-order valence-electron chi connectivity index (χ2n) is 2.81. The smallest absolute Gasteiger partial charge is 0.0556 e. The average Bonchev–Trinajstić information content (AvgIpc) is 2.13. The highest BCUT2D eigenvalue weighted by Gasteiger charge is 2.00. The quantitative estimate of drug-likeness (QED) is 0.457. The molecular weight excluding hydrogens is 182 g/mol. The maximum absolute atomic E-state index is 5.78. The SMILES string of the molecule is COCCSc1cccc(N)c1C. The molecule has 1 aromatic rings.